The van der Waals surface area contributed by atoms with Crippen molar-refractivity contribution in [2.45, 2.75) is 83.4 Å². The average molecular weight is 438 g/mol. The minimum atomic E-state index is -2.65. The van der Waals surface area contributed by atoms with Crippen LogP contribution in [0.15, 0.2) is 11.0 Å². The van der Waals surface area contributed by atoms with E-state index in [4.69, 9.17) is 13.6 Å². The van der Waals surface area contributed by atoms with Crippen molar-refractivity contribution in [3.05, 3.63) is 22.2 Å². The van der Waals surface area contributed by atoms with E-state index in [-0.39, 0.29) is 33.7 Å². The van der Waals surface area contributed by atoms with Crippen LogP contribution in [0.4, 0.5) is 5.82 Å². The summed E-state index contributed by atoms with van der Waals surface area (Å²) in [6.45, 7) is 14.5. The lowest BCUT2D eigenvalue weighted by molar-refractivity contribution is -0.114. The molecule has 9 nitrogen and oxygen atoms in total. The summed E-state index contributed by atoms with van der Waals surface area (Å²) in [5, 5.41) is 2.09. The number of nitrogens with zero attached hydrogens (tertiary/aromatic N) is 2. The molecule has 0 saturated carbocycles. The van der Waals surface area contributed by atoms with Crippen LogP contribution in [0, 0.1) is 0 Å². The summed E-state index contributed by atoms with van der Waals surface area (Å²) in [7, 11) is -2.65. The van der Waals surface area contributed by atoms with Crippen molar-refractivity contribution in [1.29, 1.82) is 0 Å². The standard InChI is InChI=1S/C20H31N3O6Si/c1-12(25)21-17-13(10-24)9-23(18(26)22-17)16-8-14-15(28-16)11-27-30(29-14,19(2,3)4)20(5,6)7/h9-10,14-16H,8,11H2,1-7H3,(H,21,22,25,26)/t14-,15+,16+/m0/s1. The Bertz CT molecular complexity index is 887. The Labute approximate surface area is 177 Å². The van der Waals surface area contributed by atoms with Crippen molar-refractivity contribution in [2.75, 3.05) is 11.9 Å². The fourth-order valence-corrected chi connectivity index (χ4v) is 9.51. The number of ether oxygens (including phenoxy) is 1. The number of carbonyl (C=O) groups excluding carboxylic acids is 2. The zero-order chi connectivity index (χ0) is 22.5. The molecule has 3 rings (SSSR count). The van der Waals surface area contributed by atoms with Gasteiger partial charge in [-0.05, 0) is 0 Å². The van der Waals surface area contributed by atoms with Crippen LogP contribution in [0.2, 0.25) is 10.1 Å². The summed E-state index contributed by atoms with van der Waals surface area (Å²) < 4.78 is 20.4. The van der Waals surface area contributed by atoms with E-state index in [1.807, 2.05) is 0 Å². The number of fused-ring (bicyclic) bond motifs is 1. The lowest BCUT2D eigenvalue weighted by atomic mass is 10.2. The van der Waals surface area contributed by atoms with E-state index in [0.717, 1.165) is 0 Å². The first-order valence-electron chi connectivity index (χ1n) is 10.1. The van der Waals surface area contributed by atoms with Crippen molar-refractivity contribution in [2.24, 2.45) is 0 Å². The van der Waals surface area contributed by atoms with Gasteiger partial charge in [0.05, 0.1) is 18.3 Å². The first kappa shape index (κ1) is 22.8. The quantitative estimate of drug-likeness (QED) is 0.572. The number of aromatic nitrogens is 2. The van der Waals surface area contributed by atoms with E-state index in [9.17, 15) is 14.4 Å². The molecular weight excluding hydrogens is 406 g/mol. The molecule has 1 amide bonds. The van der Waals surface area contributed by atoms with Gasteiger partial charge >= 0.3 is 14.3 Å². The smallest absolute Gasteiger partial charge is 0.351 e. The Morgan fingerprint density at radius 2 is 1.87 bits per heavy atom. The summed E-state index contributed by atoms with van der Waals surface area (Å²) in [4.78, 5) is 39.2. The molecule has 1 aromatic rings. The van der Waals surface area contributed by atoms with E-state index in [2.05, 4.69) is 51.8 Å². The number of hydrogen-bond acceptors (Lipinski definition) is 7. The first-order valence-corrected chi connectivity index (χ1v) is 11.9. The highest BCUT2D eigenvalue weighted by atomic mass is 28.4. The molecule has 0 aromatic carbocycles. The summed E-state index contributed by atoms with van der Waals surface area (Å²) >= 11 is 0. The SMILES string of the molecule is CC(=O)Nc1nc(=O)n([C@H]2C[C@@H]3O[Si](C(C)(C)C)(C(C)(C)C)OC[C@H]3O2)cc1C=O. The normalized spacial score (nSPS) is 26.2. The van der Waals surface area contributed by atoms with Gasteiger partial charge in [-0.1, -0.05) is 41.5 Å². The van der Waals surface area contributed by atoms with Crippen molar-refractivity contribution < 1.29 is 23.2 Å². The second kappa shape index (κ2) is 7.67. The lowest BCUT2D eigenvalue weighted by Gasteiger charge is -2.53. The highest BCUT2D eigenvalue weighted by Crippen LogP contribution is 2.55. The van der Waals surface area contributed by atoms with Gasteiger partial charge in [-0.2, -0.15) is 4.98 Å². The minimum absolute atomic E-state index is 0.0550. The molecule has 166 valence electrons. The van der Waals surface area contributed by atoms with Crippen LogP contribution in [0.25, 0.3) is 0 Å². The summed E-state index contributed by atoms with van der Waals surface area (Å²) in [5.74, 6) is -0.470. The fourth-order valence-electron chi connectivity index (χ4n) is 4.55. The van der Waals surface area contributed by atoms with Crippen LogP contribution in [0.1, 0.15) is 71.5 Å². The molecule has 2 fully saturated rings. The Kier molecular flexibility index (Phi) is 5.83. The number of amides is 1. The maximum atomic E-state index is 12.6. The van der Waals surface area contributed by atoms with Gasteiger partial charge in [0.1, 0.15) is 12.3 Å². The van der Waals surface area contributed by atoms with Crippen molar-refractivity contribution in [3.8, 4) is 0 Å². The predicted molar refractivity (Wildman–Crippen MR) is 113 cm³/mol. The monoisotopic (exact) mass is 437 g/mol. The van der Waals surface area contributed by atoms with Crippen LogP contribution in [-0.4, -0.2) is 49.1 Å². The summed E-state index contributed by atoms with van der Waals surface area (Å²) in [6, 6.07) is 0. The van der Waals surface area contributed by atoms with E-state index in [0.29, 0.717) is 19.3 Å². The predicted octanol–water partition coefficient (Wildman–Crippen LogP) is 2.76. The highest BCUT2D eigenvalue weighted by Gasteiger charge is 2.63. The molecule has 3 atom stereocenters. The van der Waals surface area contributed by atoms with E-state index < -0.39 is 26.4 Å². The van der Waals surface area contributed by atoms with Crippen LogP contribution in [-0.2, 0) is 18.4 Å². The maximum Gasteiger partial charge on any atom is 0.351 e. The largest absolute Gasteiger partial charge is 0.391 e. The number of carbonyl (C=O) groups is 2. The molecule has 30 heavy (non-hydrogen) atoms. The fraction of sp³-hybridized carbons (Fsp3) is 0.700. The molecule has 0 bridgehead atoms. The number of aldehydes is 1. The maximum absolute atomic E-state index is 12.6. The molecule has 3 heterocycles. The molecule has 2 saturated heterocycles. The van der Waals surface area contributed by atoms with Gasteiger partial charge in [0.2, 0.25) is 5.91 Å². The molecule has 2 aliphatic heterocycles. The molecular formula is C20H31N3O6Si. The van der Waals surface area contributed by atoms with Crippen molar-refractivity contribution in [1.82, 2.24) is 9.55 Å². The summed E-state index contributed by atoms with van der Waals surface area (Å²) in [6.07, 6.45) is 1.23. The van der Waals surface area contributed by atoms with E-state index in [1.54, 1.807) is 0 Å². The van der Waals surface area contributed by atoms with Crippen LogP contribution < -0.4 is 11.0 Å². The molecule has 0 spiro atoms. The van der Waals surface area contributed by atoms with Crippen LogP contribution >= 0.6 is 0 Å². The molecule has 1 N–H and O–H groups in total. The topological polar surface area (TPSA) is 109 Å². The van der Waals surface area contributed by atoms with Crippen molar-refractivity contribution >= 4 is 26.6 Å². The second-order valence-electron chi connectivity index (χ2n) is 9.98. The Balaban J connectivity index is 1.89. The van der Waals surface area contributed by atoms with Gasteiger partial charge in [0.15, 0.2) is 12.1 Å². The molecule has 0 aliphatic carbocycles. The zero-order valence-corrected chi connectivity index (χ0v) is 19.6. The third-order valence-electron chi connectivity index (χ3n) is 5.64. The van der Waals surface area contributed by atoms with Crippen LogP contribution in [0.5, 0.6) is 0 Å². The number of nitrogens with one attached hydrogen (secondary N) is 1. The number of hydrogen-bond donors (Lipinski definition) is 1. The highest BCUT2D eigenvalue weighted by molar-refractivity contribution is 6.73. The summed E-state index contributed by atoms with van der Waals surface area (Å²) in [5.41, 5.74) is -0.502. The van der Waals surface area contributed by atoms with Crippen molar-refractivity contribution in [3.63, 3.8) is 0 Å². The molecule has 1 aromatic heterocycles. The molecule has 10 heteroatoms. The number of anilines is 1. The van der Waals surface area contributed by atoms with Crippen LogP contribution in [0.3, 0.4) is 0 Å². The average Bonchev–Trinajstić information content (AvgIpc) is 3.02. The number of rotatable bonds is 3. The molecule has 0 radical (unpaired) electrons. The molecule has 0 unspecified atom stereocenters. The third kappa shape index (κ3) is 3.89. The molecule has 2 aliphatic rings. The Hall–Kier alpha value is -1.88. The van der Waals surface area contributed by atoms with Gasteiger partial charge in [-0.25, -0.2) is 4.79 Å². The lowest BCUT2D eigenvalue weighted by Crippen LogP contribution is -2.64. The van der Waals surface area contributed by atoms with Gasteiger partial charge in [0.25, 0.3) is 0 Å². The Morgan fingerprint density at radius 3 is 2.40 bits per heavy atom. The van der Waals surface area contributed by atoms with Gasteiger partial charge < -0.3 is 18.9 Å². The zero-order valence-electron chi connectivity index (χ0n) is 18.6. The van der Waals surface area contributed by atoms with Gasteiger partial charge in [-0.15, -0.1) is 0 Å². The van der Waals surface area contributed by atoms with E-state index in [1.165, 1.54) is 17.7 Å². The van der Waals surface area contributed by atoms with E-state index >= 15 is 0 Å². The first-order chi connectivity index (χ1) is 13.8. The Morgan fingerprint density at radius 1 is 1.23 bits per heavy atom. The third-order valence-corrected chi connectivity index (χ3v) is 10.8. The minimum Gasteiger partial charge on any atom is -0.391 e. The second-order valence-corrected chi connectivity index (χ2v) is 14.7. The van der Waals surface area contributed by atoms with Gasteiger partial charge in [0, 0.05) is 29.6 Å². The van der Waals surface area contributed by atoms with Gasteiger partial charge in [-0.3, -0.25) is 14.2 Å².